The summed E-state index contributed by atoms with van der Waals surface area (Å²) in [6, 6.07) is 22.5. The number of esters is 1. The van der Waals surface area contributed by atoms with E-state index in [2.05, 4.69) is 31.9 Å². The van der Waals surface area contributed by atoms with Crippen LogP contribution in [0.3, 0.4) is 0 Å². The molecule has 1 N–H and O–H groups in total. The first-order valence-corrected chi connectivity index (χ1v) is 14.0. The number of nitrogens with zero attached hydrogens (tertiary/aromatic N) is 1. The number of benzene rings is 4. The lowest BCUT2D eigenvalue weighted by molar-refractivity contribution is -0.141. The van der Waals surface area contributed by atoms with Crippen LogP contribution in [-0.4, -0.2) is 35.9 Å². The molecule has 0 bridgehead atoms. The summed E-state index contributed by atoms with van der Waals surface area (Å²) in [7, 11) is 0. The number of ketones is 1. The van der Waals surface area contributed by atoms with Crippen LogP contribution in [0, 0.1) is 0 Å². The van der Waals surface area contributed by atoms with E-state index in [1.165, 1.54) is 23.1 Å². The Morgan fingerprint density at radius 3 is 2.15 bits per heavy atom. The molecule has 0 aromatic heterocycles. The monoisotopic (exact) mass is 685 g/mol. The number of carbonyl (C=O) groups excluding carboxylic acids is 3. The van der Waals surface area contributed by atoms with Crippen LogP contribution < -0.4 is 9.64 Å². The van der Waals surface area contributed by atoms with Crippen molar-refractivity contribution >= 4 is 66.8 Å². The molecular weight excluding hydrogens is 666 g/mol. The Kier molecular flexibility index (Phi) is 9.63. The molecule has 0 unspecified atom stereocenters. The van der Waals surface area contributed by atoms with E-state index >= 15 is 0 Å². The standard InChI is InChI=1S/C30H22Br2ClNO6/c1-2-39-27(36)17-34(30(38)19-6-4-3-5-7-19)21-14-24(31)29(25(32)15-21)40-22-12-13-26(35)23(16-22)28(37)18-8-10-20(33)11-9-18/h3-16,35H,2,17H2,1H3. The van der Waals surface area contributed by atoms with Gasteiger partial charge in [-0.2, -0.15) is 0 Å². The second-order valence-electron chi connectivity index (χ2n) is 8.42. The van der Waals surface area contributed by atoms with E-state index in [-0.39, 0.29) is 36.1 Å². The van der Waals surface area contributed by atoms with Gasteiger partial charge >= 0.3 is 5.97 Å². The number of anilines is 1. The molecule has 0 heterocycles. The van der Waals surface area contributed by atoms with Gasteiger partial charge in [0, 0.05) is 21.8 Å². The summed E-state index contributed by atoms with van der Waals surface area (Å²) in [5.41, 5.74) is 1.23. The maximum atomic E-state index is 13.3. The Bertz CT molecular complexity index is 1540. The van der Waals surface area contributed by atoms with Crippen LogP contribution in [0.4, 0.5) is 5.69 Å². The number of amides is 1. The van der Waals surface area contributed by atoms with Crippen molar-refractivity contribution in [1.82, 2.24) is 0 Å². The number of hydrogen-bond donors (Lipinski definition) is 1. The fraction of sp³-hybridized carbons (Fsp3) is 0.100. The summed E-state index contributed by atoms with van der Waals surface area (Å²) in [5.74, 6) is -0.904. The van der Waals surface area contributed by atoms with Gasteiger partial charge in [0.1, 0.15) is 18.0 Å². The molecule has 4 aromatic carbocycles. The first kappa shape index (κ1) is 29.3. The van der Waals surface area contributed by atoms with Crippen molar-refractivity contribution in [3.05, 3.63) is 116 Å². The number of rotatable bonds is 9. The average Bonchev–Trinajstić information content (AvgIpc) is 2.94. The minimum absolute atomic E-state index is 0.0535. The Balaban J connectivity index is 1.65. The van der Waals surface area contributed by atoms with Crippen molar-refractivity contribution in [2.45, 2.75) is 6.92 Å². The molecule has 1 amide bonds. The molecule has 0 saturated heterocycles. The van der Waals surface area contributed by atoms with Crippen molar-refractivity contribution in [3.63, 3.8) is 0 Å². The largest absolute Gasteiger partial charge is 0.507 e. The zero-order valence-corrected chi connectivity index (χ0v) is 25.0. The first-order valence-electron chi connectivity index (χ1n) is 12.0. The lowest BCUT2D eigenvalue weighted by Crippen LogP contribution is -2.36. The molecule has 0 atom stereocenters. The summed E-state index contributed by atoms with van der Waals surface area (Å²) in [6.45, 7) is 1.58. The van der Waals surface area contributed by atoms with Gasteiger partial charge in [0.05, 0.1) is 21.1 Å². The second-order valence-corrected chi connectivity index (χ2v) is 10.6. The maximum absolute atomic E-state index is 13.3. The third-order valence-corrected chi connectivity index (χ3v) is 7.12. The summed E-state index contributed by atoms with van der Waals surface area (Å²) in [4.78, 5) is 40.0. The Morgan fingerprint density at radius 1 is 0.875 bits per heavy atom. The van der Waals surface area contributed by atoms with E-state index in [1.807, 2.05) is 0 Å². The molecule has 204 valence electrons. The van der Waals surface area contributed by atoms with Crippen LogP contribution >= 0.6 is 43.5 Å². The highest BCUT2D eigenvalue weighted by Gasteiger charge is 2.24. The van der Waals surface area contributed by atoms with Gasteiger partial charge in [0.15, 0.2) is 11.5 Å². The van der Waals surface area contributed by atoms with Crippen LogP contribution in [0.5, 0.6) is 17.2 Å². The third-order valence-electron chi connectivity index (χ3n) is 5.69. The third kappa shape index (κ3) is 6.91. The van der Waals surface area contributed by atoms with E-state index in [0.717, 1.165) is 0 Å². The quantitative estimate of drug-likeness (QED) is 0.143. The first-order chi connectivity index (χ1) is 19.2. The van der Waals surface area contributed by atoms with Crippen LogP contribution in [0.1, 0.15) is 33.2 Å². The highest BCUT2D eigenvalue weighted by Crippen LogP contribution is 2.41. The molecule has 40 heavy (non-hydrogen) atoms. The summed E-state index contributed by atoms with van der Waals surface area (Å²) >= 11 is 12.9. The Labute approximate surface area is 252 Å². The number of carbonyl (C=O) groups is 3. The molecule has 10 heteroatoms. The van der Waals surface area contributed by atoms with Crippen molar-refractivity contribution < 1.29 is 29.0 Å². The van der Waals surface area contributed by atoms with Gasteiger partial charge < -0.3 is 14.6 Å². The highest BCUT2D eigenvalue weighted by molar-refractivity contribution is 9.11. The van der Waals surface area contributed by atoms with Gasteiger partial charge in [-0.1, -0.05) is 29.8 Å². The predicted octanol–water partition coefficient (Wildman–Crippen LogP) is 7.80. The minimum Gasteiger partial charge on any atom is -0.507 e. The number of ether oxygens (including phenoxy) is 2. The molecular formula is C30H22Br2ClNO6. The van der Waals surface area contributed by atoms with Gasteiger partial charge in [-0.25, -0.2) is 0 Å². The van der Waals surface area contributed by atoms with Crippen molar-refractivity contribution in [3.8, 4) is 17.2 Å². The van der Waals surface area contributed by atoms with Gasteiger partial charge in [-0.15, -0.1) is 0 Å². The maximum Gasteiger partial charge on any atom is 0.326 e. The smallest absolute Gasteiger partial charge is 0.326 e. The zero-order valence-electron chi connectivity index (χ0n) is 21.1. The molecule has 0 fully saturated rings. The normalized spacial score (nSPS) is 10.6. The molecule has 0 aliphatic heterocycles. The number of aromatic hydroxyl groups is 1. The second kappa shape index (κ2) is 13.1. The Morgan fingerprint density at radius 2 is 1.52 bits per heavy atom. The van der Waals surface area contributed by atoms with Crippen LogP contribution in [0.15, 0.2) is 93.9 Å². The highest BCUT2D eigenvalue weighted by atomic mass is 79.9. The van der Waals surface area contributed by atoms with Crippen LogP contribution in [-0.2, 0) is 9.53 Å². The van der Waals surface area contributed by atoms with Gasteiger partial charge in [-0.3, -0.25) is 19.3 Å². The van der Waals surface area contributed by atoms with Crippen molar-refractivity contribution in [1.29, 1.82) is 0 Å². The minimum atomic E-state index is -0.554. The molecule has 4 aromatic rings. The summed E-state index contributed by atoms with van der Waals surface area (Å²) < 4.78 is 12.1. The summed E-state index contributed by atoms with van der Waals surface area (Å²) in [6.07, 6.45) is 0. The molecule has 0 saturated carbocycles. The van der Waals surface area contributed by atoms with Gasteiger partial charge in [-0.05, 0) is 106 Å². The lowest BCUT2D eigenvalue weighted by atomic mass is 10.0. The molecule has 7 nitrogen and oxygen atoms in total. The van der Waals surface area contributed by atoms with E-state index in [1.54, 1.807) is 73.7 Å². The fourth-order valence-corrected chi connectivity index (χ4v) is 5.24. The van der Waals surface area contributed by atoms with E-state index < -0.39 is 11.8 Å². The van der Waals surface area contributed by atoms with Gasteiger partial charge in [0.25, 0.3) is 5.91 Å². The molecule has 0 aliphatic carbocycles. The number of phenolic OH excluding ortho intramolecular Hbond substituents is 1. The number of halogens is 3. The Hall–Kier alpha value is -3.66. The summed E-state index contributed by atoms with van der Waals surface area (Å²) in [5, 5.41) is 10.8. The van der Waals surface area contributed by atoms with E-state index in [4.69, 9.17) is 21.1 Å². The van der Waals surface area contributed by atoms with Crippen LogP contribution in [0.25, 0.3) is 0 Å². The molecule has 0 spiro atoms. The van der Waals surface area contributed by atoms with Crippen LogP contribution in [0.2, 0.25) is 5.02 Å². The fourth-order valence-electron chi connectivity index (χ4n) is 3.79. The molecule has 0 aliphatic rings. The SMILES string of the molecule is CCOC(=O)CN(C(=O)c1ccccc1)c1cc(Br)c(Oc2ccc(O)c(C(=O)c3ccc(Cl)cc3)c2)c(Br)c1. The predicted molar refractivity (Wildman–Crippen MR) is 160 cm³/mol. The van der Waals surface area contributed by atoms with Gasteiger partial charge in [0.2, 0.25) is 0 Å². The average molecular weight is 688 g/mol. The topological polar surface area (TPSA) is 93.1 Å². The number of phenols is 1. The van der Waals surface area contributed by atoms with Crippen molar-refractivity contribution in [2.24, 2.45) is 0 Å². The zero-order chi connectivity index (χ0) is 28.8. The van der Waals surface area contributed by atoms with E-state index in [0.29, 0.717) is 36.5 Å². The molecule has 4 rings (SSSR count). The molecule has 0 radical (unpaired) electrons. The van der Waals surface area contributed by atoms with Crippen molar-refractivity contribution in [2.75, 3.05) is 18.1 Å². The lowest BCUT2D eigenvalue weighted by Gasteiger charge is -2.23. The number of hydrogen-bond acceptors (Lipinski definition) is 6. The van der Waals surface area contributed by atoms with E-state index in [9.17, 15) is 19.5 Å².